The number of nitrogens with zero attached hydrogens (tertiary/aromatic N) is 1. The first-order chi connectivity index (χ1) is 7.72. The molecule has 0 amide bonds. The van der Waals surface area contributed by atoms with Crippen LogP contribution in [0.4, 0.5) is 0 Å². The fraction of sp³-hybridized carbons (Fsp3) is 1.00. The van der Waals surface area contributed by atoms with Crippen molar-refractivity contribution < 1.29 is 0 Å². The molecule has 96 valence electrons. The highest BCUT2D eigenvalue weighted by molar-refractivity contribution is 4.70. The molecule has 1 rings (SSSR count). The number of piperidine rings is 1. The number of likely N-dealkylation sites (tertiary alicyclic amines) is 1. The van der Waals surface area contributed by atoms with E-state index in [9.17, 15) is 0 Å². The lowest BCUT2D eigenvalue weighted by atomic mass is 9.93. The average Bonchev–Trinajstić information content (AvgIpc) is 2.27. The minimum atomic E-state index is 0.876. The third-order valence-electron chi connectivity index (χ3n) is 3.81. The van der Waals surface area contributed by atoms with Gasteiger partial charge in [-0.2, -0.15) is 0 Å². The molecule has 1 unspecified atom stereocenters. The van der Waals surface area contributed by atoms with Crippen LogP contribution in [0, 0.1) is 11.8 Å². The van der Waals surface area contributed by atoms with Crippen molar-refractivity contribution in [3.8, 4) is 0 Å². The van der Waals surface area contributed by atoms with Crippen molar-refractivity contribution >= 4 is 0 Å². The highest BCUT2D eigenvalue weighted by atomic mass is 15.1. The maximum Gasteiger partial charge on any atom is 0.000965 e. The maximum absolute atomic E-state index is 2.71. The van der Waals surface area contributed by atoms with Crippen LogP contribution < -0.4 is 0 Å². The second-order valence-corrected chi connectivity index (χ2v) is 5.99. The Balaban J connectivity index is 2.25. The van der Waals surface area contributed by atoms with Crippen molar-refractivity contribution in [3.63, 3.8) is 0 Å². The Hall–Kier alpha value is -0.0400. The van der Waals surface area contributed by atoms with Gasteiger partial charge in [0.2, 0.25) is 0 Å². The molecule has 0 saturated carbocycles. The SMILES string of the molecule is CCCC(CCC(C)C)CN1CCCCC1. The van der Waals surface area contributed by atoms with Gasteiger partial charge in [0.25, 0.3) is 0 Å². The second-order valence-electron chi connectivity index (χ2n) is 5.99. The first-order valence-electron chi connectivity index (χ1n) is 7.44. The molecule has 1 heterocycles. The zero-order chi connectivity index (χ0) is 11.8. The third kappa shape index (κ3) is 5.89. The van der Waals surface area contributed by atoms with Crippen molar-refractivity contribution in [3.05, 3.63) is 0 Å². The quantitative estimate of drug-likeness (QED) is 0.623. The van der Waals surface area contributed by atoms with Crippen molar-refractivity contribution in [2.45, 2.75) is 65.7 Å². The van der Waals surface area contributed by atoms with Crippen LogP contribution in [0.1, 0.15) is 65.7 Å². The van der Waals surface area contributed by atoms with Crippen LogP contribution in [0.5, 0.6) is 0 Å². The lowest BCUT2D eigenvalue weighted by molar-refractivity contribution is 0.182. The van der Waals surface area contributed by atoms with E-state index in [2.05, 4.69) is 25.7 Å². The summed E-state index contributed by atoms with van der Waals surface area (Å²) in [6.07, 6.45) is 9.98. The molecule has 1 fully saturated rings. The Kier molecular flexibility index (Phi) is 7.11. The Morgan fingerprint density at radius 2 is 1.62 bits per heavy atom. The topological polar surface area (TPSA) is 3.24 Å². The Morgan fingerprint density at radius 1 is 0.938 bits per heavy atom. The third-order valence-corrected chi connectivity index (χ3v) is 3.81. The van der Waals surface area contributed by atoms with Gasteiger partial charge < -0.3 is 4.90 Å². The summed E-state index contributed by atoms with van der Waals surface area (Å²) in [5.41, 5.74) is 0. The van der Waals surface area contributed by atoms with Crippen LogP contribution in [0.25, 0.3) is 0 Å². The molecule has 1 aliphatic rings. The molecule has 0 aromatic carbocycles. The summed E-state index contributed by atoms with van der Waals surface area (Å²) in [4.78, 5) is 2.71. The largest absolute Gasteiger partial charge is 0.303 e. The minimum absolute atomic E-state index is 0.876. The van der Waals surface area contributed by atoms with Gasteiger partial charge in [-0.25, -0.2) is 0 Å². The lowest BCUT2D eigenvalue weighted by Gasteiger charge is -2.30. The molecular weight excluding hydrogens is 194 g/mol. The molecule has 1 aliphatic heterocycles. The second kappa shape index (κ2) is 8.11. The van der Waals surface area contributed by atoms with E-state index in [1.165, 1.54) is 64.6 Å². The van der Waals surface area contributed by atoms with Crippen LogP contribution in [-0.4, -0.2) is 24.5 Å². The molecular formula is C15H31N. The highest BCUT2D eigenvalue weighted by Crippen LogP contribution is 2.20. The van der Waals surface area contributed by atoms with Crippen LogP contribution in [0.2, 0.25) is 0 Å². The van der Waals surface area contributed by atoms with E-state index in [-0.39, 0.29) is 0 Å². The van der Waals surface area contributed by atoms with E-state index in [4.69, 9.17) is 0 Å². The van der Waals surface area contributed by atoms with Crippen molar-refractivity contribution in [1.29, 1.82) is 0 Å². The lowest BCUT2D eigenvalue weighted by Crippen LogP contribution is -2.34. The summed E-state index contributed by atoms with van der Waals surface area (Å²) >= 11 is 0. The van der Waals surface area contributed by atoms with Crippen LogP contribution in [0.15, 0.2) is 0 Å². The predicted octanol–water partition coefficient (Wildman–Crippen LogP) is 4.32. The number of hydrogen-bond donors (Lipinski definition) is 0. The van der Waals surface area contributed by atoms with E-state index in [0.29, 0.717) is 0 Å². The van der Waals surface area contributed by atoms with Gasteiger partial charge in [0, 0.05) is 6.54 Å². The van der Waals surface area contributed by atoms with E-state index < -0.39 is 0 Å². The number of rotatable bonds is 7. The molecule has 0 N–H and O–H groups in total. The Morgan fingerprint density at radius 3 is 2.19 bits per heavy atom. The number of hydrogen-bond acceptors (Lipinski definition) is 1. The Bertz CT molecular complexity index is 159. The van der Waals surface area contributed by atoms with Gasteiger partial charge in [-0.15, -0.1) is 0 Å². The van der Waals surface area contributed by atoms with Gasteiger partial charge in [-0.3, -0.25) is 0 Å². The summed E-state index contributed by atoms with van der Waals surface area (Å²) in [6, 6.07) is 0. The fourth-order valence-corrected chi connectivity index (χ4v) is 2.81. The van der Waals surface area contributed by atoms with Gasteiger partial charge in [0.05, 0.1) is 0 Å². The molecule has 0 bridgehead atoms. The molecule has 1 saturated heterocycles. The summed E-state index contributed by atoms with van der Waals surface area (Å²) in [5, 5.41) is 0. The standard InChI is InChI=1S/C15H31N/c1-4-8-15(10-9-14(2)3)13-16-11-6-5-7-12-16/h14-15H,4-13H2,1-3H3. The predicted molar refractivity (Wildman–Crippen MR) is 72.8 cm³/mol. The van der Waals surface area contributed by atoms with Gasteiger partial charge in [-0.05, 0) is 50.6 Å². The van der Waals surface area contributed by atoms with E-state index >= 15 is 0 Å². The van der Waals surface area contributed by atoms with Crippen molar-refractivity contribution in [1.82, 2.24) is 4.90 Å². The van der Waals surface area contributed by atoms with Crippen LogP contribution in [-0.2, 0) is 0 Å². The summed E-state index contributed by atoms with van der Waals surface area (Å²) in [5.74, 6) is 1.84. The van der Waals surface area contributed by atoms with Crippen molar-refractivity contribution in [2.24, 2.45) is 11.8 Å². The molecule has 16 heavy (non-hydrogen) atoms. The molecule has 1 atom stereocenters. The normalized spacial score (nSPS) is 20.2. The van der Waals surface area contributed by atoms with Gasteiger partial charge >= 0.3 is 0 Å². The molecule has 0 aromatic heterocycles. The molecule has 1 nitrogen and oxygen atoms in total. The highest BCUT2D eigenvalue weighted by Gasteiger charge is 2.16. The van der Waals surface area contributed by atoms with Crippen LogP contribution >= 0.6 is 0 Å². The van der Waals surface area contributed by atoms with Gasteiger partial charge in [0.1, 0.15) is 0 Å². The molecule has 0 aliphatic carbocycles. The van der Waals surface area contributed by atoms with E-state index in [0.717, 1.165) is 11.8 Å². The molecule has 0 spiro atoms. The summed E-state index contributed by atoms with van der Waals surface area (Å²) in [6.45, 7) is 11.1. The molecule has 1 heteroatoms. The fourth-order valence-electron chi connectivity index (χ4n) is 2.81. The summed E-state index contributed by atoms with van der Waals surface area (Å²) < 4.78 is 0. The summed E-state index contributed by atoms with van der Waals surface area (Å²) in [7, 11) is 0. The van der Waals surface area contributed by atoms with Gasteiger partial charge in [0.15, 0.2) is 0 Å². The van der Waals surface area contributed by atoms with Crippen LogP contribution in [0.3, 0.4) is 0 Å². The molecule has 0 radical (unpaired) electrons. The Labute approximate surface area is 103 Å². The minimum Gasteiger partial charge on any atom is -0.303 e. The zero-order valence-electron chi connectivity index (χ0n) is 11.7. The monoisotopic (exact) mass is 225 g/mol. The zero-order valence-corrected chi connectivity index (χ0v) is 11.7. The maximum atomic E-state index is 2.71. The average molecular weight is 225 g/mol. The first kappa shape index (κ1) is 14.0. The van der Waals surface area contributed by atoms with E-state index in [1.807, 2.05) is 0 Å². The smallest absolute Gasteiger partial charge is 0.000965 e. The first-order valence-corrected chi connectivity index (χ1v) is 7.44. The van der Waals surface area contributed by atoms with Crippen molar-refractivity contribution in [2.75, 3.05) is 19.6 Å². The van der Waals surface area contributed by atoms with E-state index in [1.54, 1.807) is 0 Å². The van der Waals surface area contributed by atoms with Gasteiger partial charge in [-0.1, -0.05) is 40.0 Å². The molecule has 0 aromatic rings.